The highest BCUT2D eigenvalue weighted by atomic mass is 35.5. The number of hydrogen-bond acceptors (Lipinski definition) is 6. The second kappa shape index (κ2) is 9.45. The van der Waals surface area contributed by atoms with Crippen LogP contribution in [0.25, 0.3) is 11.3 Å². The number of H-pyrrole nitrogens is 1. The van der Waals surface area contributed by atoms with E-state index in [4.69, 9.17) is 31.5 Å². The maximum absolute atomic E-state index is 9.97. The van der Waals surface area contributed by atoms with Gasteiger partial charge < -0.3 is 19.9 Å². The minimum absolute atomic E-state index is 0.0162. The molecule has 1 aromatic heterocycles. The van der Waals surface area contributed by atoms with Gasteiger partial charge in [-0.05, 0) is 35.4 Å². The van der Waals surface area contributed by atoms with Crippen LogP contribution in [0.4, 0.5) is 0 Å². The van der Waals surface area contributed by atoms with Crippen molar-refractivity contribution in [3.63, 3.8) is 0 Å². The Morgan fingerprint density at radius 3 is 2.57 bits per heavy atom. The van der Waals surface area contributed by atoms with Crippen molar-refractivity contribution in [2.45, 2.75) is 12.5 Å². The van der Waals surface area contributed by atoms with E-state index in [0.717, 1.165) is 16.7 Å². The first kappa shape index (κ1) is 22.4. The Labute approximate surface area is 207 Å². The van der Waals surface area contributed by atoms with Gasteiger partial charge in [0.2, 0.25) is 11.8 Å². The molecule has 4 aromatic rings. The van der Waals surface area contributed by atoms with Crippen molar-refractivity contribution in [3.05, 3.63) is 106 Å². The molecule has 0 bridgehead atoms. The van der Waals surface area contributed by atoms with Crippen LogP contribution >= 0.6 is 11.6 Å². The Hall–Kier alpha value is -4.41. The van der Waals surface area contributed by atoms with E-state index >= 15 is 0 Å². The van der Waals surface area contributed by atoms with E-state index in [9.17, 15) is 5.26 Å². The number of methoxy groups -OCH3 is 1. The van der Waals surface area contributed by atoms with Gasteiger partial charge in [-0.25, -0.2) is 0 Å². The minimum Gasteiger partial charge on any atom is -0.493 e. The SMILES string of the molecule is COc1cc([C@H]2C(C#N)=C(N)Oc3n[nH]c(-c4ccc(Cl)cc4)c32)ccc1OCc1ccccc1. The summed E-state index contributed by atoms with van der Waals surface area (Å²) < 4.78 is 17.3. The van der Waals surface area contributed by atoms with Crippen LogP contribution in [0, 0.1) is 11.3 Å². The van der Waals surface area contributed by atoms with Crippen LogP contribution in [-0.4, -0.2) is 17.3 Å². The molecule has 1 atom stereocenters. The van der Waals surface area contributed by atoms with Crippen LogP contribution in [0.3, 0.4) is 0 Å². The minimum atomic E-state index is -0.523. The molecule has 174 valence electrons. The van der Waals surface area contributed by atoms with Gasteiger partial charge in [-0.15, -0.1) is 5.10 Å². The summed E-state index contributed by atoms with van der Waals surface area (Å²) in [5.74, 6) is 0.944. The fraction of sp³-hybridized carbons (Fsp3) is 0.111. The highest BCUT2D eigenvalue weighted by Crippen LogP contribution is 2.47. The van der Waals surface area contributed by atoms with Crippen LogP contribution in [0.2, 0.25) is 5.02 Å². The molecule has 0 radical (unpaired) electrons. The molecule has 0 spiro atoms. The normalized spacial score (nSPS) is 14.6. The molecule has 5 rings (SSSR count). The molecule has 2 heterocycles. The first-order valence-corrected chi connectivity index (χ1v) is 11.2. The molecular formula is C27H21ClN4O3. The average molecular weight is 485 g/mol. The topological polar surface area (TPSA) is 106 Å². The molecule has 0 saturated carbocycles. The molecular weight excluding hydrogens is 464 g/mol. The van der Waals surface area contributed by atoms with Crippen molar-refractivity contribution in [1.29, 1.82) is 5.26 Å². The van der Waals surface area contributed by atoms with E-state index in [2.05, 4.69) is 16.3 Å². The molecule has 0 saturated heterocycles. The zero-order valence-electron chi connectivity index (χ0n) is 18.8. The van der Waals surface area contributed by atoms with Gasteiger partial charge in [-0.1, -0.05) is 60.1 Å². The van der Waals surface area contributed by atoms with E-state index < -0.39 is 5.92 Å². The van der Waals surface area contributed by atoms with Crippen LogP contribution in [0.15, 0.2) is 84.3 Å². The van der Waals surface area contributed by atoms with Crippen molar-refractivity contribution in [1.82, 2.24) is 10.2 Å². The van der Waals surface area contributed by atoms with Gasteiger partial charge in [0, 0.05) is 10.6 Å². The number of nitrogens with one attached hydrogen (secondary N) is 1. The van der Waals surface area contributed by atoms with Gasteiger partial charge in [0.15, 0.2) is 11.5 Å². The number of aromatic nitrogens is 2. The summed E-state index contributed by atoms with van der Waals surface area (Å²) in [5, 5.41) is 17.9. The number of nitrogens with zero attached hydrogens (tertiary/aromatic N) is 2. The van der Waals surface area contributed by atoms with Crippen molar-refractivity contribution in [2.24, 2.45) is 5.73 Å². The summed E-state index contributed by atoms with van der Waals surface area (Å²) in [6, 6.07) is 25.0. The molecule has 7 nitrogen and oxygen atoms in total. The molecule has 0 fully saturated rings. The highest BCUT2D eigenvalue weighted by molar-refractivity contribution is 6.30. The number of halogens is 1. The summed E-state index contributed by atoms with van der Waals surface area (Å²) in [7, 11) is 1.58. The summed E-state index contributed by atoms with van der Waals surface area (Å²) in [6.45, 7) is 0.400. The molecule has 3 aromatic carbocycles. The van der Waals surface area contributed by atoms with Gasteiger partial charge in [0.25, 0.3) is 0 Å². The Morgan fingerprint density at radius 2 is 1.86 bits per heavy atom. The molecule has 1 aliphatic heterocycles. The predicted octanol–water partition coefficient (Wildman–Crippen LogP) is 5.54. The maximum Gasteiger partial charge on any atom is 0.244 e. The van der Waals surface area contributed by atoms with Crippen LogP contribution in [0.1, 0.15) is 22.6 Å². The number of benzene rings is 3. The van der Waals surface area contributed by atoms with Crippen LogP contribution in [-0.2, 0) is 6.61 Å². The monoisotopic (exact) mass is 484 g/mol. The standard InChI is InChI=1S/C27H21ClN4O3/c1-33-22-13-18(9-12-21(22)34-15-16-5-3-2-4-6-16)23-20(14-29)26(30)35-27-24(23)25(31-32-27)17-7-10-19(28)11-8-17/h2-13,23H,15,30H2,1H3,(H,31,32)/t23-/m0/s1. The average Bonchev–Trinajstić information content (AvgIpc) is 3.30. The molecule has 35 heavy (non-hydrogen) atoms. The zero-order chi connectivity index (χ0) is 24.4. The molecule has 1 aliphatic rings. The van der Waals surface area contributed by atoms with E-state index in [1.165, 1.54) is 0 Å². The lowest BCUT2D eigenvalue weighted by Gasteiger charge is -2.25. The molecule has 0 amide bonds. The number of fused-ring (bicyclic) bond motifs is 1. The molecule has 0 aliphatic carbocycles. The summed E-state index contributed by atoms with van der Waals surface area (Å²) in [6.07, 6.45) is 0. The van der Waals surface area contributed by atoms with Gasteiger partial charge in [-0.3, -0.25) is 5.10 Å². The second-order valence-electron chi connectivity index (χ2n) is 7.93. The van der Waals surface area contributed by atoms with Crippen molar-refractivity contribution in [3.8, 4) is 34.7 Å². The number of hydrogen-bond donors (Lipinski definition) is 2. The number of allylic oxidation sites excluding steroid dienone is 1. The third-order valence-electron chi connectivity index (χ3n) is 5.83. The number of ether oxygens (including phenoxy) is 3. The molecule has 0 unspecified atom stereocenters. The summed E-state index contributed by atoms with van der Waals surface area (Å²) in [5.41, 5.74) is 10.5. The van der Waals surface area contributed by atoms with Gasteiger partial charge in [0.05, 0.1) is 24.3 Å². The van der Waals surface area contributed by atoms with E-state index in [0.29, 0.717) is 40.3 Å². The first-order valence-electron chi connectivity index (χ1n) is 10.9. The smallest absolute Gasteiger partial charge is 0.244 e. The molecule has 3 N–H and O–H groups in total. The Morgan fingerprint density at radius 1 is 1.09 bits per heavy atom. The number of nitrogens with two attached hydrogens (primary N) is 1. The fourth-order valence-electron chi connectivity index (χ4n) is 4.13. The third-order valence-corrected chi connectivity index (χ3v) is 6.08. The van der Waals surface area contributed by atoms with Gasteiger partial charge in [-0.2, -0.15) is 5.26 Å². The van der Waals surface area contributed by atoms with Gasteiger partial charge >= 0.3 is 0 Å². The fourth-order valence-corrected chi connectivity index (χ4v) is 4.26. The van der Waals surface area contributed by atoms with Crippen LogP contribution < -0.4 is 19.9 Å². The maximum atomic E-state index is 9.97. The highest BCUT2D eigenvalue weighted by Gasteiger charge is 2.36. The second-order valence-corrected chi connectivity index (χ2v) is 8.37. The number of aromatic amines is 1. The summed E-state index contributed by atoms with van der Waals surface area (Å²) >= 11 is 6.08. The summed E-state index contributed by atoms with van der Waals surface area (Å²) in [4.78, 5) is 0. The zero-order valence-corrected chi connectivity index (χ0v) is 19.5. The quantitative estimate of drug-likeness (QED) is 0.372. The largest absolute Gasteiger partial charge is 0.493 e. The lowest BCUT2D eigenvalue weighted by Crippen LogP contribution is -2.21. The van der Waals surface area contributed by atoms with Gasteiger partial charge in [0.1, 0.15) is 18.2 Å². The van der Waals surface area contributed by atoms with Crippen molar-refractivity contribution < 1.29 is 14.2 Å². The van der Waals surface area contributed by atoms with Crippen molar-refractivity contribution in [2.75, 3.05) is 7.11 Å². The number of nitriles is 1. The van der Waals surface area contributed by atoms with E-state index in [1.54, 1.807) is 19.2 Å². The Bertz CT molecular complexity index is 1440. The van der Waals surface area contributed by atoms with E-state index in [1.807, 2.05) is 60.7 Å². The Kier molecular flexibility index (Phi) is 6.04. The third kappa shape index (κ3) is 4.27. The van der Waals surface area contributed by atoms with Crippen LogP contribution in [0.5, 0.6) is 17.4 Å². The first-order chi connectivity index (χ1) is 17.1. The van der Waals surface area contributed by atoms with Crippen molar-refractivity contribution >= 4 is 11.6 Å². The Balaban J connectivity index is 1.56. The number of rotatable bonds is 6. The lowest BCUT2D eigenvalue weighted by atomic mass is 9.83. The lowest BCUT2D eigenvalue weighted by molar-refractivity contribution is 0.284. The molecule has 8 heteroatoms. The van der Waals surface area contributed by atoms with E-state index in [-0.39, 0.29) is 11.5 Å². The predicted molar refractivity (Wildman–Crippen MR) is 132 cm³/mol.